The molecule has 1 aromatic heterocycles. The Hall–Kier alpha value is -2.61. The van der Waals surface area contributed by atoms with Crippen molar-refractivity contribution in [3.8, 4) is 22.1 Å². The molecule has 136 valence electrons. The van der Waals surface area contributed by atoms with Gasteiger partial charge in [0.15, 0.2) is 11.5 Å². The fraction of sp³-hybridized carbons (Fsp3) is 0.389. The van der Waals surface area contributed by atoms with Crippen LogP contribution >= 0.6 is 11.3 Å². The van der Waals surface area contributed by atoms with Crippen LogP contribution in [0.25, 0.3) is 10.6 Å². The first-order chi connectivity index (χ1) is 12.6. The third-order valence-electron chi connectivity index (χ3n) is 4.68. The molecule has 1 amide bonds. The minimum absolute atomic E-state index is 0.0656. The Morgan fingerprint density at radius 2 is 2.00 bits per heavy atom. The standard InChI is InChI=1S/C18H18N2O5S/c21-15(20-18(17(22)23)4-1-5-18)9-12-10-26-16(19-12)11-2-3-13-14(8-11)25-7-6-24-13/h2-3,8,10H,1,4-7,9H2,(H,20,21)(H,22,23). The van der Waals surface area contributed by atoms with Gasteiger partial charge in [0, 0.05) is 10.9 Å². The summed E-state index contributed by atoms with van der Waals surface area (Å²) in [5.41, 5.74) is 0.426. The van der Waals surface area contributed by atoms with Crippen LogP contribution in [0.1, 0.15) is 25.0 Å². The van der Waals surface area contributed by atoms with Crippen LogP contribution in [0.15, 0.2) is 23.6 Å². The van der Waals surface area contributed by atoms with Gasteiger partial charge in [-0.05, 0) is 37.5 Å². The van der Waals surface area contributed by atoms with E-state index in [1.807, 2.05) is 23.6 Å². The summed E-state index contributed by atoms with van der Waals surface area (Å²) in [4.78, 5) is 28.1. The Morgan fingerprint density at radius 3 is 2.69 bits per heavy atom. The van der Waals surface area contributed by atoms with Gasteiger partial charge in [0.05, 0.1) is 12.1 Å². The van der Waals surface area contributed by atoms with Gasteiger partial charge in [0.1, 0.15) is 23.8 Å². The van der Waals surface area contributed by atoms with Gasteiger partial charge in [-0.15, -0.1) is 11.3 Å². The zero-order valence-corrected chi connectivity index (χ0v) is 14.8. The highest BCUT2D eigenvalue weighted by molar-refractivity contribution is 7.13. The first-order valence-corrected chi connectivity index (χ1v) is 9.33. The lowest BCUT2D eigenvalue weighted by Gasteiger charge is -2.38. The normalized spacial score (nSPS) is 17.2. The number of hydrogen-bond donors (Lipinski definition) is 2. The molecule has 1 fully saturated rings. The van der Waals surface area contributed by atoms with E-state index in [1.54, 1.807) is 0 Å². The van der Waals surface area contributed by atoms with E-state index in [0.29, 0.717) is 37.5 Å². The number of thiazole rings is 1. The molecule has 26 heavy (non-hydrogen) atoms. The summed E-state index contributed by atoms with van der Waals surface area (Å²) >= 11 is 1.44. The maximum atomic E-state index is 12.2. The molecule has 7 nitrogen and oxygen atoms in total. The average Bonchev–Trinajstić information content (AvgIpc) is 3.05. The third kappa shape index (κ3) is 3.12. The van der Waals surface area contributed by atoms with E-state index in [4.69, 9.17) is 9.47 Å². The Kier molecular flexibility index (Phi) is 4.28. The summed E-state index contributed by atoms with van der Waals surface area (Å²) in [6, 6.07) is 5.64. The Bertz CT molecular complexity index is 859. The van der Waals surface area contributed by atoms with E-state index >= 15 is 0 Å². The Morgan fingerprint density at radius 1 is 1.23 bits per heavy atom. The van der Waals surface area contributed by atoms with Gasteiger partial charge in [-0.3, -0.25) is 4.79 Å². The largest absolute Gasteiger partial charge is 0.486 e. The molecule has 2 aromatic rings. The maximum absolute atomic E-state index is 12.2. The Balaban J connectivity index is 1.45. The van der Waals surface area contributed by atoms with E-state index in [-0.39, 0.29) is 12.3 Å². The van der Waals surface area contributed by atoms with Crippen molar-refractivity contribution in [3.05, 3.63) is 29.3 Å². The molecule has 1 aliphatic heterocycles. The fourth-order valence-electron chi connectivity index (χ4n) is 3.10. The highest BCUT2D eigenvalue weighted by Gasteiger charge is 2.45. The molecule has 0 unspecified atom stereocenters. The molecule has 1 saturated carbocycles. The first kappa shape index (κ1) is 16.8. The van der Waals surface area contributed by atoms with E-state index in [2.05, 4.69) is 10.3 Å². The minimum Gasteiger partial charge on any atom is -0.486 e. The molecule has 1 aromatic carbocycles. The number of carboxylic acid groups (broad SMARTS) is 1. The summed E-state index contributed by atoms with van der Waals surface area (Å²) in [6.07, 6.45) is 1.84. The average molecular weight is 374 g/mol. The number of aromatic nitrogens is 1. The van der Waals surface area contributed by atoms with Crippen LogP contribution in [0.5, 0.6) is 11.5 Å². The first-order valence-electron chi connectivity index (χ1n) is 8.45. The van der Waals surface area contributed by atoms with E-state index in [0.717, 1.165) is 22.7 Å². The van der Waals surface area contributed by atoms with Gasteiger partial charge in [0.25, 0.3) is 0 Å². The second-order valence-electron chi connectivity index (χ2n) is 6.47. The second kappa shape index (κ2) is 6.60. The Labute approximate surface area is 154 Å². The number of hydrogen-bond acceptors (Lipinski definition) is 6. The number of benzene rings is 1. The highest BCUT2D eigenvalue weighted by atomic mass is 32.1. The van der Waals surface area contributed by atoms with Gasteiger partial charge < -0.3 is 19.9 Å². The van der Waals surface area contributed by atoms with E-state index in [9.17, 15) is 14.7 Å². The van der Waals surface area contributed by atoms with Crippen LogP contribution in [0, 0.1) is 0 Å². The number of nitrogens with one attached hydrogen (secondary N) is 1. The van der Waals surface area contributed by atoms with Gasteiger partial charge in [-0.2, -0.15) is 0 Å². The summed E-state index contributed by atoms with van der Waals surface area (Å²) in [6.45, 7) is 1.06. The van der Waals surface area contributed by atoms with Crippen LogP contribution in [0.2, 0.25) is 0 Å². The fourth-order valence-corrected chi connectivity index (χ4v) is 3.91. The lowest BCUT2D eigenvalue weighted by atomic mass is 9.76. The minimum atomic E-state index is -1.09. The number of fused-ring (bicyclic) bond motifs is 1. The zero-order valence-electron chi connectivity index (χ0n) is 14.0. The number of ether oxygens (including phenoxy) is 2. The van der Waals surface area contributed by atoms with E-state index in [1.165, 1.54) is 11.3 Å². The van der Waals surface area contributed by atoms with Crippen LogP contribution in [0.3, 0.4) is 0 Å². The predicted octanol–water partition coefficient (Wildman–Crippen LogP) is 2.25. The lowest BCUT2D eigenvalue weighted by Crippen LogP contribution is -2.59. The zero-order chi connectivity index (χ0) is 18.1. The van der Waals surface area contributed by atoms with Crippen LogP contribution in [-0.4, -0.2) is 40.7 Å². The molecule has 2 aliphatic rings. The summed E-state index contributed by atoms with van der Waals surface area (Å²) in [5.74, 6) is 0.130. The predicted molar refractivity (Wildman–Crippen MR) is 94.6 cm³/mol. The maximum Gasteiger partial charge on any atom is 0.329 e. The molecule has 4 rings (SSSR count). The monoisotopic (exact) mass is 374 g/mol. The topological polar surface area (TPSA) is 97.8 Å². The molecule has 8 heteroatoms. The van der Waals surface area contributed by atoms with Crippen molar-refractivity contribution in [1.29, 1.82) is 0 Å². The summed E-state index contributed by atoms with van der Waals surface area (Å²) in [7, 11) is 0. The molecular formula is C18H18N2O5S. The molecule has 2 heterocycles. The van der Waals surface area contributed by atoms with Crippen LogP contribution in [-0.2, 0) is 16.0 Å². The molecular weight excluding hydrogens is 356 g/mol. The molecule has 2 N–H and O–H groups in total. The van der Waals surface area contributed by atoms with Crippen molar-refractivity contribution in [2.24, 2.45) is 0 Å². The van der Waals surface area contributed by atoms with E-state index < -0.39 is 11.5 Å². The molecule has 0 spiro atoms. The van der Waals surface area contributed by atoms with Gasteiger partial charge in [-0.25, -0.2) is 9.78 Å². The molecule has 0 saturated heterocycles. The number of carbonyl (C=O) groups is 2. The summed E-state index contributed by atoms with van der Waals surface area (Å²) in [5, 5.41) is 14.6. The number of amides is 1. The smallest absolute Gasteiger partial charge is 0.329 e. The SMILES string of the molecule is O=C(Cc1csc(-c2ccc3c(c2)OCCO3)n1)NC1(C(=O)O)CCC1. The second-order valence-corrected chi connectivity index (χ2v) is 7.33. The van der Waals surface area contributed by atoms with Gasteiger partial charge in [0.2, 0.25) is 5.91 Å². The third-order valence-corrected chi connectivity index (χ3v) is 5.62. The summed E-state index contributed by atoms with van der Waals surface area (Å²) < 4.78 is 11.1. The van der Waals surface area contributed by atoms with Crippen molar-refractivity contribution >= 4 is 23.2 Å². The van der Waals surface area contributed by atoms with Crippen molar-refractivity contribution in [1.82, 2.24) is 10.3 Å². The van der Waals surface area contributed by atoms with Crippen LogP contribution in [0.4, 0.5) is 0 Å². The lowest BCUT2D eigenvalue weighted by molar-refractivity contribution is -0.151. The molecule has 1 aliphatic carbocycles. The van der Waals surface area contributed by atoms with Crippen molar-refractivity contribution < 1.29 is 24.2 Å². The van der Waals surface area contributed by atoms with Crippen LogP contribution < -0.4 is 14.8 Å². The molecule has 0 bridgehead atoms. The highest BCUT2D eigenvalue weighted by Crippen LogP contribution is 2.36. The number of carboxylic acids is 1. The van der Waals surface area contributed by atoms with Gasteiger partial charge in [-0.1, -0.05) is 0 Å². The number of nitrogens with zero attached hydrogens (tertiary/aromatic N) is 1. The van der Waals surface area contributed by atoms with Crippen molar-refractivity contribution in [2.45, 2.75) is 31.2 Å². The molecule has 0 radical (unpaired) electrons. The molecule has 0 atom stereocenters. The quantitative estimate of drug-likeness (QED) is 0.833. The number of carbonyl (C=O) groups excluding carboxylic acids is 1. The number of rotatable bonds is 5. The van der Waals surface area contributed by atoms with Crippen molar-refractivity contribution in [3.63, 3.8) is 0 Å². The number of aliphatic carboxylic acids is 1. The van der Waals surface area contributed by atoms with Crippen molar-refractivity contribution in [2.75, 3.05) is 13.2 Å². The van der Waals surface area contributed by atoms with Gasteiger partial charge >= 0.3 is 5.97 Å².